The molecule has 1 aromatic carbocycles. The van der Waals surface area contributed by atoms with Crippen LogP contribution in [0.4, 0.5) is 18.9 Å². The average Bonchev–Trinajstić information content (AvgIpc) is 2.53. The van der Waals surface area contributed by atoms with E-state index in [9.17, 15) is 18.0 Å². The summed E-state index contributed by atoms with van der Waals surface area (Å²) in [7, 11) is 0. The number of anilines is 1. The van der Waals surface area contributed by atoms with E-state index in [-0.39, 0.29) is 18.9 Å². The highest BCUT2D eigenvalue weighted by atomic mass is 19.4. The fraction of sp³-hybridized carbons (Fsp3) is 0.200. The van der Waals surface area contributed by atoms with E-state index in [2.05, 4.69) is 10.3 Å². The third kappa shape index (κ3) is 4.96. The molecule has 0 fully saturated rings. The van der Waals surface area contributed by atoms with Gasteiger partial charge in [-0.3, -0.25) is 9.78 Å². The van der Waals surface area contributed by atoms with Gasteiger partial charge in [-0.1, -0.05) is 6.07 Å². The first kappa shape index (κ1) is 16.8. The van der Waals surface area contributed by atoms with Crippen LogP contribution in [0, 0.1) is 0 Å². The van der Waals surface area contributed by atoms with Crippen LogP contribution in [0.1, 0.15) is 11.3 Å². The van der Waals surface area contributed by atoms with Crippen molar-refractivity contribution in [2.75, 3.05) is 11.9 Å². The van der Waals surface area contributed by atoms with Crippen molar-refractivity contribution < 1.29 is 27.8 Å². The third-order valence-electron chi connectivity index (χ3n) is 2.80. The lowest BCUT2D eigenvalue weighted by Crippen LogP contribution is -2.20. The maximum atomic E-state index is 12.6. The Balaban J connectivity index is 1.91. The van der Waals surface area contributed by atoms with Crippen molar-refractivity contribution in [1.82, 2.24) is 4.98 Å². The standard InChI is InChI=1S/C15H13F3N2O3/c16-15(17,18)10-2-1-3-11(6-10)20-14(22)9-23-13-5-4-12(8-21)19-7-13/h1-7,21H,8-9H2,(H,20,22). The number of amides is 1. The first-order valence-electron chi connectivity index (χ1n) is 6.54. The molecule has 2 rings (SSSR count). The molecule has 0 unspecified atom stereocenters. The van der Waals surface area contributed by atoms with Crippen LogP contribution in [0.5, 0.6) is 5.75 Å². The zero-order valence-electron chi connectivity index (χ0n) is 11.8. The summed E-state index contributed by atoms with van der Waals surface area (Å²) < 4.78 is 42.9. The van der Waals surface area contributed by atoms with Gasteiger partial charge in [-0.15, -0.1) is 0 Å². The number of rotatable bonds is 5. The molecule has 0 aliphatic heterocycles. The van der Waals surface area contributed by atoms with Gasteiger partial charge in [0, 0.05) is 5.69 Å². The highest BCUT2D eigenvalue weighted by molar-refractivity contribution is 5.91. The summed E-state index contributed by atoms with van der Waals surface area (Å²) in [6, 6.07) is 7.37. The Bertz CT molecular complexity index is 672. The number of benzene rings is 1. The highest BCUT2D eigenvalue weighted by Gasteiger charge is 2.30. The summed E-state index contributed by atoms with van der Waals surface area (Å²) in [6.07, 6.45) is -3.14. The van der Waals surface area contributed by atoms with Crippen molar-refractivity contribution in [3.63, 3.8) is 0 Å². The van der Waals surface area contributed by atoms with E-state index in [0.29, 0.717) is 11.4 Å². The van der Waals surface area contributed by atoms with Gasteiger partial charge in [-0.25, -0.2) is 0 Å². The number of carbonyl (C=O) groups is 1. The molecule has 0 aliphatic rings. The van der Waals surface area contributed by atoms with E-state index in [1.807, 2.05) is 0 Å². The molecule has 0 spiro atoms. The number of ether oxygens (including phenoxy) is 1. The molecule has 2 aromatic rings. The van der Waals surface area contributed by atoms with Gasteiger partial charge in [0.2, 0.25) is 0 Å². The molecule has 5 nitrogen and oxygen atoms in total. The number of pyridine rings is 1. The second kappa shape index (κ2) is 7.10. The van der Waals surface area contributed by atoms with Crippen molar-refractivity contribution in [2.45, 2.75) is 12.8 Å². The smallest absolute Gasteiger partial charge is 0.416 e. The first-order chi connectivity index (χ1) is 10.9. The molecule has 23 heavy (non-hydrogen) atoms. The third-order valence-corrected chi connectivity index (χ3v) is 2.80. The van der Waals surface area contributed by atoms with Gasteiger partial charge in [-0.2, -0.15) is 13.2 Å². The Labute approximate surface area is 129 Å². The van der Waals surface area contributed by atoms with E-state index in [4.69, 9.17) is 9.84 Å². The van der Waals surface area contributed by atoms with Gasteiger partial charge < -0.3 is 15.2 Å². The molecule has 0 bridgehead atoms. The lowest BCUT2D eigenvalue weighted by atomic mass is 10.2. The van der Waals surface area contributed by atoms with Crippen LogP contribution in [0.2, 0.25) is 0 Å². The van der Waals surface area contributed by atoms with Gasteiger partial charge in [0.05, 0.1) is 24.1 Å². The van der Waals surface area contributed by atoms with Crippen LogP contribution in [0.15, 0.2) is 42.6 Å². The van der Waals surface area contributed by atoms with Crippen LogP contribution in [-0.2, 0) is 17.6 Å². The topological polar surface area (TPSA) is 71.5 Å². The van der Waals surface area contributed by atoms with E-state index in [0.717, 1.165) is 12.1 Å². The highest BCUT2D eigenvalue weighted by Crippen LogP contribution is 2.30. The molecule has 0 atom stereocenters. The predicted octanol–water partition coefficient (Wildman–Crippen LogP) is 2.61. The minimum Gasteiger partial charge on any atom is -0.482 e. The number of carbonyl (C=O) groups excluding carboxylic acids is 1. The summed E-state index contributed by atoms with van der Waals surface area (Å²) in [4.78, 5) is 15.6. The number of nitrogens with zero attached hydrogens (tertiary/aromatic N) is 1. The van der Waals surface area contributed by atoms with Gasteiger partial charge in [0.1, 0.15) is 5.75 Å². The maximum Gasteiger partial charge on any atom is 0.416 e. The number of aromatic nitrogens is 1. The molecule has 0 saturated heterocycles. The fourth-order valence-corrected chi connectivity index (χ4v) is 1.71. The summed E-state index contributed by atoms with van der Waals surface area (Å²) in [5, 5.41) is 11.2. The molecular formula is C15H13F3N2O3. The number of nitrogens with one attached hydrogen (secondary N) is 1. The zero-order valence-corrected chi connectivity index (χ0v) is 11.8. The van der Waals surface area contributed by atoms with E-state index in [1.165, 1.54) is 30.5 Å². The molecule has 0 radical (unpaired) electrons. The summed E-state index contributed by atoms with van der Waals surface area (Å²) in [6.45, 7) is -0.591. The number of aliphatic hydroxyl groups is 1. The normalized spacial score (nSPS) is 11.1. The quantitative estimate of drug-likeness (QED) is 0.886. The van der Waals surface area contributed by atoms with Crippen LogP contribution >= 0.6 is 0 Å². The van der Waals surface area contributed by atoms with E-state index < -0.39 is 17.6 Å². The second-order valence-corrected chi connectivity index (χ2v) is 4.56. The Morgan fingerprint density at radius 2 is 2.04 bits per heavy atom. The monoisotopic (exact) mass is 326 g/mol. The molecule has 0 aliphatic carbocycles. The number of hydrogen-bond acceptors (Lipinski definition) is 4. The van der Waals surface area contributed by atoms with E-state index in [1.54, 1.807) is 0 Å². The molecule has 1 heterocycles. The Hall–Kier alpha value is -2.61. The van der Waals surface area contributed by atoms with Gasteiger partial charge in [0.15, 0.2) is 6.61 Å². The van der Waals surface area contributed by atoms with Crippen LogP contribution in [0.25, 0.3) is 0 Å². The molecule has 1 aromatic heterocycles. The maximum absolute atomic E-state index is 12.6. The Morgan fingerprint density at radius 1 is 1.26 bits per heavy atom. The average molecular weight is 326 g/mol. The van der Waals surface area contributed by atoms with Crippen molar-refractivity contribution in [3.05, 3.63) is 53.9 Å². The van der Waals surface area contributed by atoms with E-state index >= 15 is 0 Å². The zero-order chi connectivity index (χ0) is 16.9. The number of halogens is 3. The van der Waals surface area contributed by atoms with Crippen LogP contribution < -0.4 is 10.1 Å². The molecule has 0 saturated carbocycles. The van der Waals surface area contributed by atoms with Crippen molar-refractivity contribution >= 4 is 11.6 Å². The SMILES string of the molecule is O=C(COc1ccc(CO)nc1)Nc1cccc(C(F)(F)F)c1. The minimum atomic E-state index is -4.47. The Kier molecular flexibility index (Phi) is 5.17. The predicted molar refractivity (Wildman–Crippen MR) is 75.7 cm³/mol. The largest absolute Gasteiger partial charge is 0.482 e. The molecule has 122 valence electrons. The number of aliphatic hydroxyl groups excluding tert-OH is 1. The first-order valence-corrected chi connectivity index (χ1v) is 6.54. The molecule has 2 N–H and O–H groups in total. The van der Waals surface area contributed by atoms with Crippen molar-refractivity contribution in [2.24, 2.45) is 0 Å². The van der Waals surface area contributed by atoms with Gasteiger partial charge in [-0.05, 0) is 30.3 Å². The van der Waals surface area contributed by atoms with Gasteiger partial charge in [0.25, 0.3) is 5.91 Å². The summed E-state index contributed by atoms with van der Waals surface area (Å²) >= 11 is 0. The fourth-order valence-electron chi connectivity index (χ4n) is 1.71. The van der Waals surface area contributed by atoms with Crippen LogP contribution in [-0.4, -0.2) is 22.6 Å². The van der Waals surface area contributed by atoms with Crippen LogP contribution in [0.3, 0.4) is 0 Å². The lowest BCUT2D eigenvalue weighted by Gasteiger charge is -2.10. The van der Waals surface area contributed by atoms with Crippen molar-refractivity contribution in [3.8, 4) is 5.75 Å². The van der Waals surface area contributed by atoms with Crippen molar-refractivity contribution in [1.29, 1.82) is 0 Å². The van der Waals surface area contributed by atoms with Gasteiger partial charge >= 0.3 is 6.18 Å². The summed E-state index contributed by atoms with van der Waals surface area (Å²) in [5.41, 5.74) is -0.368. The minimum absolute atomic E-state index is 0.0298. The molecule has 8 heteroatoms. The molecular weight excluding hydrogens is 313 g/mol. The second-order valence-electron chi connectivity index (χ2n) is 4.56. The molecule has 1 amide bonds. The number of alkyl halides is 3. The lowest BCUT2D eigenvalue weighted by molar-refractivity contribution is -0.137. The summed E-state index contributed by atoms with van der Waals surface area (Å²) in [5.74, 6) is -0.294. The Morgan fingerprint density at radius 3 is 2.65 bits per heavy atom. The number of hydrogen-bond donors (Lipinski definition) is 2.